The molecule has 3 N–H and O–H groups in total. The van der Waals surface area contributed by atoms with E-state index in [-0.39, 0.29) is 5.91 Å². The van der Waals surface area contributed by atoms with Crippen molar-refractivity contribution in [1.29, 1.82) is 0 Å². The number of aryl methyl sites for hydroxylation is 1. The molecule has 2 atom stereocenters. The first-order valence-corrected chi connectivity index (χ1v) is 7.99. The van der Waals surface area contributed by atoms with Gasteiger partial charge in [-0.25, -0.2) is 0 Å². The van der Waals surface area contributed by atoms with Crippen molar-refractivity contribution in [1.82, 2.24) is 5.32 Å². The first kappa shape index (κ1) is 14.4. The highest BCUT2D eigenvalue weighted by Gasteiger charge is 2.18. The Labute approximate surface area is 119 Å². The lowest BCUT2D eigenvalue weighted by atomic mass is 10.1. The first-order chi connectivity index (χ1) is 9.25. The van der Waals surface area contributed by atoms with Crippen LogP contribution in [0.15, 0.2) is 30.3 Å². The maximum Gasteiger partial charge on any atom is 0.236 e. The highest BCUT2D eigenvalue weighted by Crippen LogP contribution is 2.25. The average Bonchev–Trinajstić information content (AvgIpc) is 2.96. The van der Waals surface area contributed by atoms with E-state index < -0.39 is 6.04 Å². The van der Waals surface area contributed by atoms with Gasteiger partial charge in [0.1, 0.15) is 0 Å². The molecule has 1 heterocycles. The Kier molecular flexibility index (Phi) is 5.73. The summed E-state index contributed by atoms with van der Waals surface area (Å²) in [5.41, 5.74) is 7.16. The molecule has 0 spiro atoms. The van der Waals surface area contributed by atoms with E-state index in [1.54, 1.807) is 0 Å². The molecule has 2 unspecified atom stereocenters. The minimum absolute atomic E-state index is 0.0107. The van der Waals surface area contributed by atoms with Gasteiger partial charge in [0.25, 0.3) is 0 Å². The molecule has 1 saturated heterocycles. The van der Waals surface area contributed by atoms with Gasteiger partial charge in [0, 0.05) is 11.8 Å². The van der Waals surface area contributed by atoms with Crippen molar-refractivity contribution in [2.24, 2.45) is 5.73 Å². The maximum atomic E-state index is 11.9. The number of rotatable bonds is 6. The van der Waals surface area contributed by atoms with Crippen LogP contribution in [0, 0.1) is 0 Å². The van der Waals surface area contributed by atoms with Crippen LogP contribution in [-0.4, -0.2) is 29.5 Å². The molecule has 1 aliphatic heterocycles. The number of nitrogens with two attached hydrogens (primary N) is 1. The summed E-state index contributed by atoms with van der Waals surface area (Å²) in [5, 5.41) is 3.56. The van der Waals surface area contributed by atoms with Gasteiger partial charge in [0.15, 0.2) is 0 Å². The molecule has 19 heavy (non-hydrogen) atoms. The van der Waals surface area contributed by atoms with Crippen LogP contribution in [0.5, 0.6) is 0 Å². The molecule has 0 saturated carbocycles. The zero-order chi connectivity index (χ0) is 13.5. The van der Waals surface area contributed by atoms with Crippen LogP contribution < -0.4 is 11.1 Å². The van der Waals surface area contributed by atoms with E-state index >= 15 is 0 Å². The van der Waals surface area contributed by atoms with Crippen LogP contribution in [-0.2, 0) is 11.2 Å². The van der Waals surface area contributed by atoms with Gasteiger partial charge in [-0.3, -0.25) is 4.79 Å². The molecule has 0 radical (unpaired) electrons. The molecule has 0 aliphatic carbocycles. The van der Waals surface area contributed by atoms with Crippen molar-refractivity contribution in [3.05, 3.63) is 35.9 Å². The standard InChI is InChI=1S/C15H22N2OS/c16-14(9-8-12-5-2-1-3-6-12)15(18)17-11-13-7-4-10-19-13/h1-3,5-6,13-14H,4,7-11,16H2,(H,17,18). The molecular formula is C15H22N2OS. The van der Waals surface area contributed by atoms with Gasteiger partial charge in [-0.2, -0.15) is 11.8 Å². The maximum absolute atomic E-state index is 11.9. The summed E-state index contributed by atoms with van der Waals surface area (Å²) in [6.07, 6.45) is 4.04. The summed E-state index contributed by atoms with van der Waals surface area (Å²) < 4.78 is 0. The van der Waals surface area contributed by atoms with E-state index in [1.807, 2.05) is 30.0 Å². The summed E-state index contributed by atoms with van der Waals surface area (Å²) in [6, 6.07) is 9.76. The van der Waals surface area contributed by atoms with Crippen molar-refractivity contribution in [2.75, 3.05) is 12.3 Å². The monoisotopic (exact) mass is 278 g/mol. The summed E-state index contributed by atoms with van der Waals surface area (Å²) in [4.78, 5) is 11.9. The van der Waals surface area contributed by atoms with Gasteiger partial charge in [0.2, 0.25) is 5.91 Å². The largest absolute Gasteiger partial charge is 0.354 e. The molecule has 0 bridgehead atoms. The number of amides is 1. The van der Waals surface area contributed by atoms with Crippen LogP contribution >= 0.6 is 11.8 Å². The van der Waals surface area contributed by atoms with Gasteiger partial charge < -0.3 is 11.1 Å². The third kappa shape index (κ3) is 4.88. The van der Waals surface area contributed by atoms with Crippen molar-refractivity contribution in [3.8, 4) is 0 Å². The van der Waals surface area contributed by atoms with Gasteiger partial charge in [0.05, 0.1) is 6.04 Å². The number of thioether (sulfide) groups is 1. The van der Waals surface area contributed by atoms with Gasteiger partial charge in [-0.1, -0.05) is 30.3 Å². The Bertz CT molecular complexity index is 390. The minimum atomic E-state index is -0.397. The summed E-state index contributed by atoms with van der Waals surface area (Å²) in [5.74, 6) is 1.21. The average molecular weight is 278 g/mol. The first-order valence-electron chi connectivity index (χ1n) is 6.94. The lowest BCUT2D eigenvalue weighted by molar-refractivity contribution is -0.122. The van der Waals surface area contributed by atoms with Crippen molar-refractivity contribution < 1.29 is 4.79 Å². The molecule has 1 fully saturated rings. The number of nitrogens with one attached hydrogen (secondary N) is 1. The SMILES string of the molecule is NC(CCc1ccccc1)C(=O)NCC1CCCS1. The second kappa shape index (κ2) is 7.56. The molecule has 2 rings (SSSR count). The van der Waals surface area contributed by atoms with Gasteiger partial charge in [-0.05, 0) is 37.0 Å². The smallest absolute Gasteiger partial charge is 0.236 e. The van der Waals surface area contributed by atoms with E-state index in [1.165, 1.54) is 24.2 Å². The third-order valence-corrected chi connectivity index (χ3v) is 4.85. The zero-order valence-corrected chi connectivity index (χ0v) is 12.0. The molecule has 104 valence electrons. The van der Waals surface area contributed by atoms with Gasteiger partial charge >= 0.3 is 0 Å². The second-order valence-electron chi connectivity index (χ2n) is 5.01. The van der Waals surface area contributed by atoms with Crippen LogP contribution in [0.25, 0.3) is 0 Å². The Morgan fingerprint density at radius 3 is 2.89 bits per heavy atom. The number of hydrogen-bond acceptors (Lipinski definition) is 3. The molecule has 0 aromatic heterocycles. The van der Waals surface area contributed by atoms with Crippen molar-refractivity contribution in [3.63, 3.8) is 0 Å². The fourth-order valence-electron chi connectivity index (χ4n) is 2.25. The van der Waals surface area contributed by atoms with Gasteiger partial charge in [-0.15, -0.1) is 0 Å². The van der Waals surface area contributed by atoms with E-state index in [0.717, 1.165) is 13.0 Å². The molecule has 1 amide bonds. The lowest BCUT2D eigenvalue weighted by Gasteiger charge is -2.14. The Balaban J connectivity index is 1.67. The second-order valence-corrected chi connectivity index (χ2v) is 6.42. The minimum Gasteiger partial charge on any atom is -0.354 e. The number of hydrogen-bond donors (Lipinski definition) is 2. The molecule has 3 nitrogen and oxygen atoms in total. The Morgan fingerprint density at radius 1 is 1.42 bits per heavy atom. The van der Waals surface area contributed by atoms with E-state index in [0.29, 0.717) is 11.7 Å². The topological polar surface area (TPSA) is 55.1 Å². The highest BCUT2D eigenvalue weighted by atomic mass is 32.2. The quantitative estimate of drug-likeness (QED) is 0.836. The summed E-state index contributed by atoms with van der Waals surface area (Å²) >= 11 is 1.95. The molecule has 1 aromatic rings. The van der Waals surface area contributed by atoms with E-state index in [2.05, 4.69) is 17.4 Å². The Hall–Kier alpha value is -1.00. The number of carbonyl (C=O) groups is 1. The fourth-order valence-corrected chi connectivity index (χ4v) is 3.45. The third-order valence-electron chi connectivity index (χ3n) is 3.45. The summed E-state index contributed by atoms with van der Waals surface area (Å²) in [6.45, 7) is 0.766. The van der Waals surface area contributed by atoms with Crippen molar-refractivity contribution >= 4 is 17.7 Å². The van der Waals surface area contributed by atoms with Crippen LogP contribution in [0.4, 0.5) is 0 Å². The van der Waals surface area contributed by atoms with E-state index in [9.17, 15) is 4.79 Å². The fraction of sp³-hybridized carbons (Fsp3) is 0.533. The molecule has 4 heteroatoms. The molecule has 1 aliphatic rings. The van der Waals surface area contributed by atoms with Crippen LogP contribution in [0.1, 0.15) is 24.8 Å². The lowest BCUT2D eigenvalue weighted by Crippen LogP contribution is -2.42. The molecular weight excluding hydrogens is 256 g/mol. The number of benzene rings is 1. The Morgan fingerprint density at radius 2 is 2.21 bits per heavy atom. The van der Waals surface area contributed by atoms with Crippen LogP contribution in [0.3, 0.4) is 0 Å². The summed E-state index contributed by atoms with van der Waals surface area (Å²) in [7, 11) is 0. The molecule has 1 aromatic carbocycles. The highest BCUT2D eigenvalue weighted by molar-refractivity contribution is 8.00. The number of carbonyl (C=O) groups excluding carboxylic acids is 1. The van der Waals surface area contributed by atoms with E-state index in [4.69, 9.17) is 5.73 Å². The van der Waals surface area contributed by atoms with Crippen LogP contribution in [0.2, 0.25) is 0 Å². The zero-order valence-electron chi connectivity index (χ0n) is 11.2. The normalized spacial score (nSPS) is 20.2. The van der Waals surface area contributed by atoms with Crippen molar-refractivity contribution in [2.45, 2.75) is 37.0 Å². The predicted molar refractivity (Wildman–Crippen MR) is 81.2 cm³/mol. The predicted octanol–water partition coefficient (Wildman–Crippen LogP) is 1.96.